The first-order valence-corrected chi connectivity index (χ1v) is 7.25. The summed E-state index contributed by atoms with van der Waals surface area (Å²) in [4.78, 5) is 35.3. The second-order valence-electron chi connectivity index (χ2n) is 5.01. The molecular weight excluding hydrogens is 302 g/mol. The normalized spacial score (nSPS) is 10.1. The average molecular weight is 327 g/mol. The van der Waals surface area contributed by atoms with Crippen molar-refractivity contribution < 1.29 is 28.6 Å². The fourth-order valence-electron chi connectivity index (χ4n) is 1.44. The van der Waals surface area contributed by atoms with E-state index in [4.69, 9.17) is 14.2 Å². The van der Waals surface area contributed by atoms with E-state index in [0.29, 0.717) is 30.8 Å². The zero-order valence-electron chi connectivity index (χ0n) is 14.1. The lowest BCUT2D eigenvalue weighted by atomic mass is 10.3. The topological polar surface area (TPSA) is 82.1 Å². The minimum atomic E-state index is -0.460. The molecule has 0 aliphatic carbocycles. The number of hydrogen-bond acceptors (Lipinski definition) is 7. The molecule has 0 aliphatic rings. The van der Waals surface area contributed by atoms with Crippen LogP contribution in [0.3, 0.4) is 0 Å². The molecule has 0 aromatic carbocycles. The van der Waals surface area contributed by atoms with Crippen LogP contribution in [0.25, 0.3) is 0 Å². The largest absolute Gasteiger partial charge is 0.465 e. The molecule has 0 saturated carbocycles. The van der Waals surface area contributed by atoms with Crippen LogP contribution >= 0.6 is 0 Å². The molecule has 0 aliphatic heterocycles. The molecule has 0 atom stereocenters. The van der Waals surface area contributed by atoms with E-state index in [2.05, 4.69) is 13.2 Å². The van der Waals surface area contributed by atoms with Crippen LogP contribution < -0.4 is 0 Å². The molecule has 130 valence electrons. The maximum atomic E-state index is 11.3. The van der Waals surface area contributed by atoms with Gasteiger partial charge in [-0.05, 0) is 13.8 Å². The Balaban J connectivity index is 4.24. The lowest BCUT2D eigenvalue weighted by Gasteiger charge is -2.21. The van der Waals surface area contributed by atoms with Gasteiger partial charge in [-0.3, -0.25) is 9.69 Å². The summed E-state index contributed by atoms with van der Waals surface area (Å²) in [5.41, 5.74) is 0.652. The first-order valence-electron chi connectivity index (χ1n) is 7.25. The molecule has 7 nitrogen and oxygen atoms in total. The van der Waals surface area contributed by atoms with Gasteiger partial charge in [0.1, 0.15) is 19.8 Å². The first kappa shape index (κ1) is 20.9. The number of rotatable bonds is 11. The van der Waals surface area contributed by atoms with Gasteiger partial charge in [0.05, 0.1) is 0 Å². The van der Waals surface area contributed by atoms with Crippen molar-refractivity contribution in [1.82, 2.24) is 4.90 Å². The minimum Gasteiger partial charge on any atom is -0.465 e. The minimum absolute atomic E-state index is 0.167. The standard InChI is InChI=1S/C16H25NO6/c1-12(2)15(19)22-10-7-17(6-9-21-14(5)18)8-11-23-16(20)13(3)4/h1,3,6-11H2,2,4-5H3. The monoisotopic (exact) mass is 327 g/mol. The maximum Gasteiger partial charge on any atom is 0.333 e. The lowest BCUT2D eigenvalue weighted by molar-refractivity contribution is -0.141. The average Bonchev–Trinajstić information content (AvgIpc) is 2.45. The van der Waals surface area contributed by atoms with Gasteiger partial charge in [-0.25, -0.2) is 9.59 Å². The summed E-state index contributed by atoms with van der Waals surface area (Å²) in [6.45, 7) is 13.3. The molecule has 0 N–H and O–H groups in total. The van der Waals surface area contributed by atoms with Crippen LogP contribution in [0.4, 0.5) is 0 Å². The van der Waals surface area contributed by atoms with Crippen molar-refractivity contribution in [1.29, 1.82) is 0 Å². The molecule has 0 bridgehead atoms. The first-order chi connectivity index (χ1) is 10.7. The summed E-state index contributed by atoms with van der Waals surface area (Å²) >= 11 is 0. The molecule has 0 unspecified atom stereocenters. The van der Waals surface area contributed by atoms with Crippen molar-refractivity contribution in [2.45, 2.75) is 20.8 Å². The van der Waals surface area contributed by atoms with E-state index in [1.807, 2.05) is 4.90 Å². The summed E-state index contributed by atoms with van der Waals surface area (Å²) < 4.78 is 14.9. The van der Waals surface area contributed by atoms with Crippen molar-refractivity contribution in [3.8, 4) is 0 Å². The van der Waals surface area contributed by atoms with Gasteiger partial charge in [-0.1, -0.05) is 13.2 Å². The second kappa shape index (κ2) is 11.4. The van der Waals surface area contributed by atoms with E-state index in [1.165, 1.54) is 6.92 Å². The third-order valence-electron chi connectivity index (χ3n) is 2.69. The summed E-state index contributed by atoms with van der Waals surface area (Å²) in [5, 5.41) is 0. The molecule has 0 saturated heterocycles. The van der Waals surface area contributed by atoms with E-state index in [9.17, 15) is 14.4 Å². The van der Waals surface area contributed by atoms with Gasteiger partial charge in [0.25, 0.3) is 0 Å². The number of carbonyl (C=O) groups excluding carboxylic acids is 3. The zero-order chi connectivity index (χ0) is 17.8. The van der Waals surface area contributed by atoms with Crippen LogP contribution in [0.2, 0.25) is 0 Å². The van der Waals surface area contributed by atoms with Gasteiger partial charge in [0.15, 0.2) is 0 Å². The predicted octanol–water partition coefficient (Wildman–Crippen LogP) is 1.09. The molecule has 7 heteroatoms. The quantitative estimate of drug-likeness (QED) is 0.319. The van der Waals surface area contributed by atoms with Crippen LogP contribution in [-0.4, -0.2) is 62.3 Å². The SMILES string of the molecule is C=C(C)C(=O)OCCN(CCOC(C)=O)CCOC(=O)C(=C)C. The number of esters is 3. The molecule has 0 rings (SSSR count). The Kier molecular flexibility index (Phi) is 10.4. The van der Waals surface area contributed by atoms with Crippen LogP contribution in [0.15, 0.2) is 24.3 Å². The van der Waals surface area contributed by atoms with E-state index in [-0.39, 0.29) is 25.8 Å². The van der Waals surface area contributed by atoms with E-state index in [1.54, 1.807) is 13.8 Å². The van der Waals surface area contributed by atoms with E-state index in [0.717, 1.165) is 0 Å². The Hall–Kier alpha value is -2.15. The highest BCUT2D eigenvalue weighted by Gasteiger charge is 2.10. The van der Waals surface area contributed by atoms with Gasteiger partial charge in [-0.15, -0.1) is 0 Å². The Morgan fingerprint density at radius 2 is 1.09 bits per heavy atom. The number of carbonyl (C=O) groups is 3. The van der Waals surface area contributed by atoms with Crippen LogP contribution in [-0.2, 0) is 28.6 Å². The summed E-state index contributed by atoms with van der Waals surface area (Å²) in [6.07, 6.45) is 0. The molecule has 0 amide bonds. The molecule has 0 fully saturated rings. The molecular formula is C16H25NO6. The van der Waals surface area contributed by atoms with Crippen LogP contribution in [0.1, 0.15) is 20.8 Å². The van der Waals surface area contributed by atoms with Crippen molar-refractivity contribution in [3.63, 3.8) is 0 Å². The van der Waals surface area contributed by atoms with Crippen LogP contribution in [0.5, 0.6) is 0 Å². The van der Waals surface area contributed by atoms with Gasteiger partial charge in [0, 0.05) is 37.7 Å². The molecule has 0 aromatic rings. The van der Waals surface area contributed by atoms with Crippen molar-refractivity contribution >= 4 is 17.9 Å². The fraction of sp³-hybridized carbons (Fsp3) is 0.562. The highest BCUT2D eigenvalue weighted by molar-refractivity contribution is 5.87. The Morgan fingerprint density at radius 3 is 1.39 bits per heavy atom. The summed E-state index contributed by atoms with van der Waals surface area (Å²) in [5.74, 6) is -1.29. The summed E-state index contributed by atoms with van der Waals surface area (Å²) in [6, 6.07) is 0. The Labute approximate surface area is 136 Å². The Morgan fingerprint density at radius 1 is 0.739 bits per heavy atom. The van der Waals surface area contributed by atoms with E-state index >= 15 is 0 Å². The molecule has 0 heterocycles. The molecule has 0 aromatic heterocycles. The highest BCUT2D eigenvalue weighted by Crippen LogP contribution is 1.97. The van der Waals surface area contributed by atoms with Crippen LogP contribution in [0, 0.1) is 0 Å². The van der Waals surface area contributed by atoms with Gasteiger partial charge < -0.3 is 14.2 Å². The Bertz CT molecular complexity index is 425. The third-order valence-corrected chi connectivity index (χ3v) is 2.69. The highest BCUT2D eigenvalue weighted by atomic mass is 16.5. The predicted molar refractivity (Wildman–Crippen MR) is 84.6 cm³/mol. The molecule has 0 spiro atoms. The van der Waals surface area contributed by atoms with E-state index < -0.39 is 11.9 Å². The van der Waals surface area contributed by atoms with Gasteiger partial charge in [0.2, 0.25) is 0 Å². The second-order valence-corrected chi connectivity index (χ2v) is 5.01. The smallest absolute Gasteiger partial charge is 0.333 e. The van der Waals surface area contributed by atoms with Crippen molar-refractivity contribution in [2.24, 2.45) is 0 Å². The zero-order valence-corrected chi connectivity index (χ0v) is 14.1. The van der Waals surface area contributed by atoms with Gasteiger partial charge in [-0.2, -0.15) is 0 Å². The number of ether oxygens (including phenoxy) is 3. The summed E-state index contributed by atoms with van der Waals surface area (Å²) in [7, 11) is 0. The molecule has 23 heavy (non-hydrogen) atoms. The maximum absolute atomic E-state index is 11.3. The van der Waals surface area contributed by atoms with Crippen molar-refractivity contribution in [3.05, 3.63) is 24.3 Å². The molecule has 0 radical (unpaired) electrons. The lowest BCUT2D eigenvalue weighted by Crippen LogP contribution is -2.35. The van der Waals surface area contributed by atoms with Gasteiger partial charge >= 0.3 is 17.9 Å². The van der Waals surface area contributed by atoms with Crippen molar-refractivity contribution in [2.75, 3.05) is 39.5 Å². The number of nitrogens with zero attached hydrogens (tertiary/aromatic N) is 1. The third kappa shape index (κ3) is 11.1. The fourth-order valence-corrected chi connectivity index (χ4v) is 1.44. The number of hydrogen-bond donors (Lipinski definition) is 0.